The molecule has 0 saturated carbocycles. The molecule has 0 bridgehead atoms. The van der Waals surface area contributed by atoms with Gasteiger partial charge in [-0.15, -0.1) is 0 Å². The fourth-order valence-corrected chi connectivity index (χ4v) is 0.852. The van der Waals surface area contributed by atoms with Crippen LogP contribution in [0.5, 0.6) is 0 Å². The molecule has 0 aromatic heterocycles. The molecule has 0 aliphatic carbocycles. The van der Waals surface area contributed by atoms with Crippen molar-refractivity contribution in [2.75, 3.05) is 0 Å². The Balaban J connectivity index is 3.06. The van der Waals surface area contributed by atoms with Crippen LogP contribution in [0, 0.1) is 0 Å². The minimum absolute atomic E-state index is 0.431. The average Bonchev–Trinajstić information content (AvgIpc) is 2.03. The molecule has 0 aliphatic heterocycles. The Hall–Kier alpha value is -1.29. The maximum atomic E-state index is 8.94. The van der Waals surface area contributed by atoms with Crippen molar-refractivity contribution in [1.29, 1.82) is 0 Å². The molecule has 0 spiro atoms. The average molecular weight is 173 g/mol. The fraction of sp³-hybridized carbons (Fsp3) is 0. The number of benzene rings is 1. The van der Waals surface area contributed by atoms with Crippen LogP contribution in [0.2, 0.25) is 5.02 Å². The number of hydrogen-bond donors (Lipinski definition) is 2. The topological polar surface area (TPSA) is 61.6 Å². The van der Waals surface area contributed by atoms with Gasteiger partial charge < -0.3 is 5.21 Å². The Kier molecular flexibility index (Phi) is 2.28. The SMILES string of the molecule is NN=[N+](O)c1cccc(Cl)c1. The number of nitrogens with two attached hydrogens (primary N) is 1. The van der Waals surface area contributed by atoms with E-state index in [9.17, 15) is 0 Å². The number of rotatable bonds is 1. The lowest BCUT2D eigenvalue weighted by Crippen LogP contribution is -1.98. The van der Waals surface area contributed by atoms with E-state index in [0.29, 0.717) is 15.6 Å². The summed E-state index contributed by atoms with van der Waals surface area (Å²) in [6.45, 7) is 0. The van der Waals surface area contributed by atoms with E-state index >= 15 is 0 Å². The summed E-state index contributed by atoms with van der Waals surface area (Å²) in [5, 5.41) is 12.5. The third-order valence-corrected chi connectivity index (χ3v) is 1.38. The van der Waals surface area contributed by atoms with Crippen LogP contribution in [0.3, 0.4) is 0 Å². The largest absolute Gasteiger partial charge is 0.329 e. The second kappa shape index (κ2) is 3.21. The van der Waals surface area contributed by atoms with Crippen LogP contribution >= 0.6 is 11.6 Å². The second-order valence-electron chi connectivity index (χ2n) is 1.88. The quantitative estimate of drug-likeness (QED) is 0.293. The summed E-state index contributed by atoms with van der Waals surface area (Å²) in [6, 6.07) is 6.54. The van der Waals surface area contributed by atoms with Gasteiger partial charge in [0.15, 0.2) is 5.69 Å². The summed E-state index contributed by atoms with van der Waals surface area (Å²) in [5.74, 6) is 4.81. The summed E-state index contributed by atoms with van der Waals surface area (Å²) < 4.78 is 0. The first kappa shape index (κ1) is 7.81. The smallest absolute Gasteiger partial charge is 0.199 e. The van der Waals surface area contributed by atoms with Gasteiger partial charge in [0, 0.05) is 11.1 Å². The zero-order valence-electron chi connectivity index (χ0n) is 5.61. The molecule has 0 amide bonds. The highest BCUT2D eigenvalue weighted by molar-refractivity contribution is 6.30. The lowest BCUT2D eigenvalue weighted by molar-refractivity contribution is -0.765. The van der Waals surface area contributed by atoms with E-state index in [1.54, 1.807) is 18.2 Å². The van der Waals surface area contributed by atoms with Crippen LogP contribution in [-0.2, 0) is 0 Å². The van der Waals surface area contributed by atoms with Gasteiger partial charge in [-0.3, -0.25) is 0 Å². The molecule has 0 fully saturated rings. The molecule has 5 heteroatoms. The standard InChI is InChI=1S/C6H6ClN3O/c7-5-2-1-3-6(4-5)10(11)9-8/h1-4,8,11H/p+1. The van der Waals surface area contributed by atoms with Gasteiger partial charge in [-0.2, -0.15) is 5.84 Å². The van der Waals surface area contributed by atoms with Gasteiger partial charge in [0.2, 0.25) is 0 Å². The number of hydrogen-bond acceptors (Lipinski definition) is 1. The first-order chi connectivity index (χ1) is 5.24. The van der Waals surface area contributed by atoms with Crippen molar-refractivity contribution >= 4 is 17.3 Å². The Bertz CT molecular complexity index is 287. The lowest BCUT2D eigenvalue weighted by atomic mass is 10.3. The van der Waals surface area contributed by atoms with Gasteiger partial charge >= 0.3 is 0 Å². The fourth-order valence-electron chi connectivity index (χ4n) is 0.667. The molecule has 0 atom stereocenters. The van der Waals surface area contributed by atoms with Crippen molar-refractivity contribution in [2.24, 2.45) is 11.1 Å². The van der Waals surface area contributed by atoms with Gasteiger partial charge in [0.1, 0.15) is 5.22 Å². The van der Waals surface area contributed by atoms with E-state index in [1.807, 2.05) is 0 Å². The zero-order chi connectivity index (χ0) is 8.27. The van der Waals surface area contributed by atoms with Gasteiger partial charge in [0.05, 0.1) is 4.86 Å². The summed E-state index contributed by atoms with van der Waals surface area (Å²) in [7, 11) is 0. The van der Waals surface area contributed by atoms with Gasteiger partial charge in [-0.05, 0) is 12.1 Å². The highest BCUT2D eigenvalue weighted by Crippen LogP contribution is 2.16. The third-order valence-electron chi connectivity index (χ3n) is 1.15. The van der Waals surface area contributed by atoms with Crippen molar-refractivity contribution in [1.82, 2.24) is 0 Å². The van der Waals surface area contributed by atoms with Crippen molar-refractivity contribution < 1.29 is 10.1 Å². The van der Waals surface area contributed by atoms with Gasteiger partial charge in [-0.1, -0.05) is 17.7 Å². The summed E-state index contributed by atoms with van der Waals surface area (Å²) in [6.07, 6.45) is 0. The highest BCUT2D eigenvalue weighted by Gasteiger charge is 2.02. The molecule has 1 aromatic carbocycles. The molecular formula is C6H7ClN3O+. The van der Waals surface area contributed by atoms with Crippen LogP contribution in [0.1, 0.15) is 0 Å². The predicted octanol–water partition coefficient (Wildman–Crippen LogP) is 1.70. The third kappa shape index (κ3) is 1.81. The molecule has 4 nitrogen and oxygen atoms in total. The number of halogens is 1. The molecule has 1 rings (SSSR count). The molecule has 3 N–H and O–H groups in total. The molecule has 11 heavy (non-hydrogen) atoms. The Morgan fingerprint density at radius 2 is 2.27 bits per heavy atom. The summed E-state index contributed by atoms with van der Waals surface area (Å²) in [4.78, 5) is 0.547. The van der Waals surface area contributed by atoms with E-state index in [4.69, 9.17) is 22.7 Å². The molecule has 0 saturated heterocycles. The Morgan fingerprint density at radius 1 is 1.55 bits per heavy atom. The van der Waals surface area contributed by atoms with Crippen molar-refractivity contribution in [3.05, 3.63) is 29.3 Å². The lowest BCUT2D eigenvalue weighted by Gasteiger charge is -1.92. The predicted molar refractivity (Wildman–Crippen MR) is 39.8 cm³/mol. The molecular weight excluding hydrogens is 166 g/mol. The first-order valence-corrected chi connectivity index (χ1v) is 3.27. The highest BCUT2D eigenvalue weighted by atomic mass is 35.5. The minimum Gasteiger partial charge on any atom is -0.329 e. The first-order valence-electron chi connectivity index (χ1n) is 2.89. The van der Waals surface area contributed by atoms with Crippen LogP contribution in [-0.4, -0.2) is 10.1 Å². The molecule has 0 aliphatic rings. The van der Waals surface area contributed by atoms with Crippen LogP contribution in [0.4, 0.5) is 5.69 Å². The maximum Gasteiger partial charge on any atom is 0.199 e. The Morgan fingerprint density at radius 3 is 2.82 bits per heavy atom. The monoisotopic (exact) mass is 172 g/mol. The van der Waals surface area contributed by atoms with Crippen LogP contribution in [0.15, 0.2) is 29.5 Å². The van der Waals surface area contributed by atoms with Gasteiger partial charge in [-0.25, -0.2) is 0 Å². The minimum atomic E-state index is 0.431. The molecule has 1 aromatic rings. The molecule has 0 unspecified atom stereocenters. The van der Waals surface area contributed by atoms with Gasteiger partial charge in [0.25, 0.3) is 0 Å². The molecule has 0 heterocycles. The maximum absolute atomic E-state index is 8.94. The van der Waals surface area contributed by atoms with E-state index in [1.165, 1.54) is 6.07 Å². The van der Waals surface area contributed by atoms with Crippen molar-refractivity contribution in [2.45, 2.75) is 0 Å². The normalized spacial score (nSPS) is 11.5. The van der Waals surface area contributed by atoms with Crippen molar-refractivity contribution in [3.63, 3.8) is 0 Å². The number of nitrogens with zero attached hydrogens (tertiary/aromatic N) is 2. The van der Waals surface area contributed by atoms with E-state index in [-0.39, 0.29) is 0 Å². The Labute approximate surface area is 68.4 Å². The summed E-state index contributed by atoms with van der Waals surface area (Å²) in [5.41, 5.74) is 0.431. The van der Waals surface area contributed by atoms with Crippen molar-refractivity contribution in [3.8, 4) is 0 Å². The summed E-state index contributed by atoms with van der Waals surface area (Å²) >= 11 is 5.63. The van der Waals surface area contributed by atoms with E-state index in [0.717, 1.165) is 0 Å². The van der Waals surface area contributed by atoms with E-state index in [2.05, 4.69) is 5.22 Å². The van der Waals surface area contributed by atoms with Crippen LogP contribution in [0.25, 0.3) is 0 Å². The molecule has 58 valence electrons. The molecule has 0 radical (unpaired) electrons. The zero-order valence-corrected chi connectivity index (χ0v) is 6.36. The second-order valence-corrected chi connectivity index (χ2v) is 2.32. The van der Waals surface area contributed by atoms with E-state index < -0.39 is 0 Å². The van der Waals surface area contributed by atoms with Crippen LogP contribution < -0.4 is 5.84 Å².